The van der Waals surface area contributed by atoms with Gasteiger partial charge in [-0.2, -0.15) is 0 Å². The van der Waals surface area contributed by atoms with Crippen molar-refractivity contribution in [1.29, 1.82) is 0 Å². The molecule has 29 heavy (non-hydrogen) atoms. The third-order valence-corrected chi connectivity index (χ3v) is 4.75. The molecule has 1 aromatic heterocycles. The predicted octanol–water partition coefficient (Wildman–Crippen LogP) is 3.65. The van der Waals surface area contributed by atoms with Crippen LogP contribution in [0.4, 0.5) is 11.4 Å². The van der Waals surface area contributed by atoms with E-state index >= 15 is 0 Å². The van der Waals surface area contributed by atoms with Crippen molar-refractivity contribution in [2.24, 2.45) is 0 Å². The van der Waals surface area contributed by atoms with E-state index in [4.69, 9.17) is 9.15 Å². The predicted molar refractivity (Wildman–Crippen MR) is 112 cm³/mol. The van der Waals surface area contributed by atoms with E-state index in [9.17, 15) is 14.7 Å². The molecule has 0 aliphatic rings. The Morgan fingerprint density at radius 2 is 1.93 bits per heavy atom. The topological polar surface area (TPSA) is 101 Å². The van der Waals surface area contributed by atoms with Crippen molar-refractivity contribution >= 4 is 28.3 Å². The lowest BCUT2D eigenvalue weighted by Gasteiger charge is -2.13. The van der Waals surface area contributed by atoms with Crippen LogP contribution in [0.3, 0.4) is 0 Å². The number of aryl methyl sites for hydroxylation is 1. The first-order valence-electron chi connectivity index (χ1n) is 9.37. The number of amides is 1. The molecule has 0 saturated heterocycles. The smallest absolute Gasteiger partial charge is 0.336 e. The van der Waals surface area contributed by atoms with Crippen LogP contribution in [0, 0.1) is 0 Å². The van der Waals surface area contributed by atoms with Crippen molar-refractivity contribution in [2.75, 3.05) is 17.7 Å². The second-order valence-corrected chi connectivity index (χ2v) is 6.72. The Kier molecular flexibility index (Phi) is 6.19. The minimum atomic E-state index is -0.550. The summed E-state index contributed by atoms with van der Waals surface area (Å²) in [5, 5.41) is 16.9. The van der Waals surface area contributed by atoms with Crippen LogP contribution in [-0.4, -0.2) is 24.2 Å². The van der Waals surface area contributed by atoms with Gasteiger partial charge in [-0.1, -0.05) is 13.0 Å². The van der Waals surface area contributed by atoms with Gasteiger partial charge in [-0.05, 0) is 48.7 Å². The number of carbonyl (C=O) groups excluding carboxylic acids is 1. The fraction of sp³-hybridized carbons (Fsp3) is 0.273. The minimum Gasteiger partial charge on any atom is -0.508 e. The largest absolute Gasteiger partial charge is 0.508 e. The van der Waals surface area contributed by atoms with Crippen LogP contribution in [0.2, 0.25) is 0 Å². The van der Waals surface area contributed by atoms with Gasteiger partial charge in [0.05, 0.1) is 0 Å². The van der Waals surface area contributed by atoms with Gasteiger partial charge in [0, 0.05) is 42.5 Å². The van der Waals surface area contributed by atoms with Gasteiger partial charge in [0.2, 0.25) is 0 Å². The maximum atomic E-state index is 12.0. The molecule has 0 radical (unpaired) electrons. The van der Waals surface area contributed by atoms with Gasteiger partial charge in [0.1, 0.15) is 17.4 Å². The third kappa shape index (κ3) is 4.75. The standard InChI is InChI=1S/C22H24N2O5/c1-4-14-8-18-15(9-21(26)29-20(18)11-19(14)25)12-23-16-6-5-7-17(10-16)24-22(27)13(2)28-3/h5-11,13,23,25H,4,12H2,1-3H3,(H,24,27). The fourth-order valence-electron chi connectivity index (χ4n) is 2.99. The normalized spacial score (nSPS) is 12.0. The van der Waals surface area contributed by atoms with Gasteiger partial charge >= 0.3 is 5.63 Å². The Morgan fingerprint density at radius 3 is 2.66 bits per heavy atom. The highest BCUT2D eigenvalue weighted by Gasteiger charge is 2.12. The van der Waals surface area contributed by atoms with Gasteiger partial charge in [0.25, 0.3) is 5.91 Å². The molecule has 3 aromatic rings. The fourth-order valence-corrected chi connectivity index (χ4v) is 2.99. The van der Waals surface area contributed by atoms with E-state index in [2.05, 4.69) is 10.6 Å². The number of phenolic OH excluding ortho intramolecular Hbond substituents is 1. The number of rotatable bonds is 7. The van der Waals surface area contributed by atoms with Crippen molar-refractivity contribution in [3.63, 3.8) is 0 Å². The van der Waals surface area contributed by atoms with Crippen molar-refractivity contribution < 1.29 is 19.1 Å². The highest BCUT2D eigenvalue weighted by Crippen LogP contribution is 2.27. The summed E-state index contributed by atoms with van der Waals surface area (Å²) in [5.41, 5.74) is 2.83. The molecule has 0 fully saturated rings. The van der Waals surface area contributed by atoms with Crippen LogP contribution in [-0.2, 0) is 22.5 Å². The first-order valence-corrected chi connectivity index (χ1v) is 9.37. The summed E-state index contributed by atoms with van der Waals surface area (Å²) in [6.07, 6.45) is 0.112. The lowest BCUT2D eigenvalue weighted by Crippen LogP contribution is -2.26. The van der Waals surface area contributed by atoms with Crippen LogP contribution >= 0.6 is 0 Å². The molecular formula is C22H24N2O5. The van der Waals surface area contributed by atoms with Crippen molar-refractivity contribution in [2.45, 2.75) is 32.9 Å². The van der Waals surface area contributed by atoms with E-state index in [1.165, 1.54) is 19.2 Å². The molecule has 1 atom stereocenters. The van der Waals surface area contributed by atoms with E-state index < -0.39 is 11.7 Å². The lowest BCUT2D eigenvalue weighted by atomic mass is 10.0. The van der Waals surface area contributed by atoms with E-state index in [1.54, 1.807) is 19.1 Å². The van der Waals surface area contributed by atoms with Gasteiger partial charge in [-0.3, -0.25) is 4.79 Å². The summed E-state index contributed by atoms with van der Waals surface area (Å²) in [7, 11) is 1.48. The molecule has 7 nitrogen and oxygen atoms in total. The number of aromatic hydroxyl groups is 1. The van der Waals surface area contributed by atoms with Crippen molar-refractivity contribution in [3.8, 4) is 5.75 Å². The van der Waals surface area contributed by atoms with E-state index in [1.807, 2.05) is 25.1 Å². The van der Waals surface area contributed by atoms with Crippen LogP contribution in [0.25, 0.3) is 11.0 Å². The number of nitrogens with one attached hydrogen (secondary N) is 2. The number of ether oxygens (including phenoxy) is 1. The Balaban J connectivity index is 1.83. The number of carbonyl (C=O) groups is 1. The Morgan fingerprint density at radius 1 is 1.17 bits per heavy atom. The molecular weight excluding hydrogens is 372 g/mol. The molecule has 0 bridgehead atoms. The van der Waals surface area contributed by atoms with Gasteiger partial charge in [0.15, 0.2) is 0 Å². The number of methoxy groups -OCH3 is 1. The molecule has 1 heterocycles. The molecule has 0 aliphatic carbocycles. The summed E-state index contributed by atoms with van der Waals surface area (Å²) in [5.74, 6) is -0.120. The zero-order valence-corrected chi connectivity index (χ0v) is 16.6. The third-order valence-electron chi connectivity index (χ3n) is 4.75. The highest BCUT2D eigenvalue weighted by atomic mass is 16.5. The molecule has 0 spiro atoms. The summed E-state index contributed by atoms with van der Waals surface area (Å²) >= 11 is 0. The molecule has 152 valence electrons. The quantitative estimate of drug-likeness (QED) is 0.527. The average Bonchev–Trinajstić information content (AvgIpc) is 2.71. The Labute approximate surface area is 168 Å². The number of anilines is 2. The Hall–Kier alpha value is -3.32. The maximum Gasteiger partial charge on any atom is 0.336 e. The summed E-state index contributed by atoms with van der Waals surface area (Å²) in [6.45, 7) is 4.00. The minimum absolute atomic E-state index is 0.113. The van der Waals surface area contributed by atoms with Crippen LogP contribution < -0.4 is 16.3 Å². The summed E-state index contributed by atoms with van der Waals surface area (Å²) in [4.78, 5) is 23.9. The SMILES string of the molecule is CCc1cc2c(CNc3cccc(NC(=O)C(C)OC)c3)cc(=O)oc2cc1O. The molecule has 1 amide bonds. The van der Waals surface area contributed by atoms with E-state index in [-0.39, 0.29) is 11.7 Å². The average molecular weight is 396 g/mol. The first kappa shape index (κ1) is 20.4. The second-order valence-electron chi connectivity index (χ2n) is 6.72. The van der Waals surface area contributed by atoms with Crippen molar-refractivity contribution in [1.82, 2.24) is 0 Å². The molecule has 3 N–H and O–H groups in total. The molecule has 3 rings (SSSR count). The number of benzene rings is 2. The number of hydrogen-bond acceptors (Lipinski definition) is 6. The molecule has 7 heteroatoms. The second kappa shape index (κ2) is 8.79. The van der Waals surface area contributed by atoms with Gasteiger partial charge in [-0.15, -0.1) is 0 Å². The monoisotopic (exact) mass is 396 g/mol. The Bertz CT molecular complexity index is 1090. The lowest BCUT2D eigenvalue weighted by molar-refractivity contribution is -0.124. The maximum absolute atomic E-state index is 12.0. The van der Waals surface area contributed by atoms with E-state index in [0.717, 1.165) is 22.2 Å². The zero-order chi connectivity index (χ0) is 21.0. The number of hydrogen-bond donors (Lipinski definition) is 3. The van der Waals surface area contributed by atoms with Gasteiger partial charge < -0.3 is 24.9 Å². The number of fused-ring (bicyclic) bond motifs is 1. The molecule has 2 aromatic carbocycles. The van der Waals surface area contributed by atoms with Crippen molar-refractivity contribution in [3.05, 3.63) is 64.0 Å². The summed E-state index contributed by atoms with van der Waals surface area (Å²) in [6, 6.07) is 12.0. The molecule has 1 unspecified atom stereocenters. The van der Waals surface area contributed by atoms with Crippen LogP contribution in [0.1, 0.15) is 25.0 Å². The zero-order valence-electron chi connectivity index (χ0n) is 16.6. The number of phenols is 1. The molecule has 0 saturated carbocycles. The first-order chi connectivity index (χ1) is 13.9. The van der Waals surface area contributed by atoms with Gasteiger partial charge in [-0.25, -0.2) is 4.79 Å². The van der Waals surface area contributed by atoms with E-state index in [0.29, 0.717) is 24.2 Å². The summed E-state index contributed by atoms with van der Waals surface area (Å²) < 4.78 is 10.2. The molecule has 0 aliphatic heterocycles. The van der Waals surface area contributed by atoms with Crippen LogP contribution in [0.15, 0.2) is 51.7 Å². The van der Waals surface area contributed by atoms with Crippen LogP contribution in [0.5, 0.6) is 5.75 Å². The highest BCUT2D eigenvalue weighted by molar-refractivity contribution is 5.94.